The van der Waals surface area contributed by atoms with E-state index in [1.807, 2.05) is 0 Å². The third kappa shape index (κ3) is 4.15. The van der Waals surface area contributed by atoms with Crippen LogP contribution in [0, 0.1) is 0 Å². The molecule has 3 fully saturated rings. The zero-order chi connectivity index (χ0) is 12.9. The molecule has 2 atom stereocenters. The van der Waals surface area contributed by atoms with Crippen LogP contribution in [0.25, 0.3) is 0 Å². The number of piperidine rings is 2. The summed E-state index contributed by atoms with van der Waals surface area (Å²) in [6.45, 7) is 4.47. The summed E-state index contributed by atoms with van der Waals surface area (Å²) in [5, 5.41) is 6.78. The van der Waals surface area contributed by atoms with Crippen molar-refractivity contribution in [2.24, 2.45) is 0 Å². The van der Waals surface area contributed by atoms with Gasteiger partial charge in [0.15, 0.2) is 0 Å². The van der Waals surface area contributed by atoms with Gasteiger partial charge in [-0.15, -0.1) is 0 Å². The van der Waals surface area contributed by atoms with Gasteiger partial charge in [-0.25, -0.2) is 0 Å². The molecular weight excluding hydrogens is 240 g/mol. The van der Waals surface area contributed by atoms with E-state index in [0.29, 0.717) is 24.4 Å². The van der Waals surface area contributed by atoms with Gasteiger partial charge in [0.1, 0.15) is 0 Å². The second-order valence-corrected chi connectivity index (χ2v) is 6.23. The highest BCUT2D eigenvalue weighted by atomic mass is 16.5. The second-order valence-electron chi connectivity index (χ2n) is 6.23. The van der Waals surface area contributed by atoms with Crippen molar-refractivity contribution in [3.8, 4) is 0 Å². The van der Waals surface area contributed by atoms with Gasteiger partial charge in [-0.05, 0) is 71.1 Å². The Morgan fingerprint density at radius 2 is 0.947 bits per heavy atom. The summed E-state index contributed by atoms with van der Waals surface area (Å²) < 4.78 is 12.5. The van der Waals surface area contributed by atoms with Crippen LogP contribution >= 0.6 is 0 Å². The standard InChI is InChI=1S/C15H28N2O2/c1-2-15(19-13-5-9-17-10-6-13)11-14(1)18-12-3-7-16-8-4-12/h12-17H,1-11H2/t14-,15-/m1/s1. The molecule has 4 heteroatoms. The van der Waals surface area contributed by atoms with Crippen LogP contribution in [0.1, 0.15) is 44.9 Å². The molecule has 4 nitrogen and oxygen atoms in total. The average molecular weight is 268 g/mol. The van der Waals surface area contributed by atoms with Gasteiger partial charge >= 0.3 is 0 Å². The Kier molecular flexibility index (Phi) is 5.10. The van der Waals surface area contributed by atoms with Crippen LogP contribution < -0.4 is 10.6 Å². The number of rotatable bonds is 4. The van der Waals surface area contributed by atoms with Gasteiger partial charge in [0.2, 0.25) is 0 Å². The molecule has 3 aliphatic rings. The third-order valence-corrected chi connectivity index (χ3v) is 4.68. The molecule has 19 heavy (non-hydrogen) atoms. The lowest BCUT2D eigenvalue weighted by molar-refractivity contribution is -0.0511. The minimum atomic E-state index is 0.454. The molecule has 0 amide bonds. The van der Waals surface area contributed by atoms with Crippen LogP contribution in [0.4, 0.5) is 0 Å². The molecule has 0 bridgehead atoms. The van der Waals surface area contributed by atoms with Gasteiger partial charge in [-0.2, -0.15) is 0 Å². The van der Waals surface area contributed by atoms with Gasteiger partial charge in [0, 0.05) is 0 Å². The zero-order valence-electron chi connectivity index (χ0n) is 11.9. The van der Waals surface area contributed by atoms with Gasteiger partial charge in [-0.1, -0.05) is 0 Å². The molecular formula is C15H28N2O2. The van der Waals surface area contributed by atoms with Gasteiger partial charge in [0.25, 0.3) is 0 Å². The molecule has 1 saturated carbocycles. The van der Waals surface area contributed by atoms with E-state index in [2.05, 4.69) is 10.6 Å². The highest BCUT2D eigenvalue weighted by Gasteiger charge is 2.30. The first-order valence-corrected chi connectivity index (χ1v) is 8.12. The minimum Gasteiger partial charge on any atom is -0.375 e. The summed E-state index contributed by atoms with van der Waals surface area (Å²) in [5.41, 5.74) is 0. The van der Waals surface area contributed by atoms with E-state index < -0.39 is 0 Å². The summed E-state index contributed by atoms with van der Waals surface area (Å²) in [6.07, 6.45) is 10.1. The quantitative estimate of drug-likeness (QED) is 0.810. The topological polar surface area (TPSA) is 42.5 Å². The van der Waals surface area contributed by atoms with Crippen LogP contribution in [0.5, 0.6) is 0 Å². The molecule has 3 rings (SSSR count). The van der Waals surface area contributed by atoms with E-state index in [0.717, 1.165) is 32.6 Å². The van der Waals surface area contributed by atoms with E-state index in [4.69, 9.17) is 9.47 Å². The van der Waals surface area contributed by atoms with Crippen molar-refractivity contribution in [2.75, 3.05) is 26.2 Å². The van der Waals surface area contributed by atoms with E-state index in [1.165, 1.54) is 38.5 Å². The largest absolute Gasteiger partial charge is 0.375 e. The fraction of sp³-hybridized carbons (Fsp3) is 1.00. The highest BCUT2D eigenvalue weighted by Crippen LogP contribution is 2.29. The zero-order valence-corrected chi connectivity index (χ0v) is 11.9. The Hall–Kier alpha value is -0.160. The number of ether oxygens (including phenoxy) is 2. The summed E-state index contributed by atoms with van der Waals surface area (Å²) in [6, 6.07) is 0. The predicted molar refractivity (Wildman–Crippen MR) is 75.4 cm³/mol. The maximum Gasteiger partial charge on any atom is 0.0604 e. The number of hydrogen-bond acceptors (Lipinski definition) is 4. The van der Waals surface area contributed by atoms with Crippen LogP contribution in [-0.2, 0) is 9.47 Å². The number of hydrogen-bond donors (Lipinski definition) is 2. The minimum absolute atomic E-state index is 0.454. The SMILES string of the molecule is C1CC(O[C@@H]2CC[C@@H](OC3CCNCC3)C2)CCN1. The maximum absolute atomic E-state index is 6.24. The number of nitrogens with one attached hydrogen (secondary N) is 2. The summed E-state index contributed by atoms with van der Waals surface area (Å²) in [7, 11) is 0. The molecule has 0 radical (unpaired) electrons. The second kappa shape index (κ2) is 7.02. The van der Waals surface area contributed by atoms with Crippen LogP contribution in [0.15, 0.2) is 0 Å². The lowest BCUT2D eigenvalue weighted by Crippen LogP contribution is -2.35. The van der Waals surface area contributed by atoms with E-state index >= 15 is 0 Å². The molecule has 2 N–H and O–H groups in total. The van der Waals surface area contributed by atoms with Crippen molar-refractivity contribution in [1.82, 2.24) is 10.6 Å². The van der Waals surface area contributed by atoms with Crippen molar-refractivity contribution in [3.63, 3.8) is 0 Å². The monoisotopic (exact) mass is 268 g/mol. The van der Waals surface area contributed by atoms with Gasteiger partial charge < -0.3 is 20.1 Å². The van der Waals surface area contributed by atoms with Crippen molar-refractivity contribution in [1.29, 1.82) is 0 Å². The van der Waals surface area contributed by atoms with Gasteiger partial charge in [0.05, 0.1) is 24.4 Å². The lowest BCUT2D eigenvalue weighted by atomic mass is 10.1. The summed E-state index contributed by atoms with van der Waals surface area (Å²) in [4.78, 5) is 0. The fourth-order valence-corrected chi connectivity index (χ4v) is 3.56. The lowest BCUT2D eigenvalue weighted by Gasteiger charge is -2.27. The Bertz CT molecular complexity index is 237. The molecule has 0 aromatic rings. The highest BCUT2D eigenvalue weighted by molar-refractivity contribution is 4.81. The molecule has 0 spiro atoms. The molecule has 110 valence electrons. The van der Waals surface area contributed by atoms with Crippen LogP contribution in [0.2, 0.25) is 0 Å². The van der Waals surface area contributed by atoms with E-state index in [9.17, 15) is 0 Å². The van der Waals surface area contributed by atoms with Crippen molar-refractivity contribution in [2.45, 2.75) is 69.4 Å². The van der Waals surface area contributed by atoms with Crippen molar-refractivity contribution >= 4 is 0 Å². The first-order chi connectivity index (χ1) is 9.40. The predicted octanol–water partition coefficient (Wildman–Crippen LogP) is 1.44. The third-order valence-electron chi connectivity index (χ3n) is 4.68. The summed E-state index contributed by atoms with van der Waals surface area (Å²) in [5.74, 6) is 0. The van der Waals surface area contributed by atoms with Crippen molar-refractivity contribution in [3.05, 3.63) is 0 Å². The Labute approximate surface area is 116 Å². The van der Waals surface area contributed by atoms with E-state index in [1.54, 1.807) is 0 Å². The average Bonchev–Trinajstić information content (AvgIpc) is 2.88. The summed E-state index contributed by atoms with van der Waals surface area (Å²) >= 11 is 0. The first kappa shape index (κ1) is 13.8. The fourth-order valence-electron chi connectivity index (χ4n) is 3.56. The smallest absolute Gasteiger partial charge is 0.0604 e. The van der Waals surface area contributed by atoms with Gasteiger partial charge in [-0.3, -0.25) is 0 Å². The Morgan fingerprint density at radius 1 is 0.526 bits per heavy atom. The molecule has 0 unspecified atom stereocenters. The maximum atomic E-state index is 6.24. The van der Waals surface area contributed by atoms with Crippen molar-refractivity contribution < 1.29 is 9.47 Å². The normalized spacial score (nSPS) is 34.7. The Balaban J connectivity index is 1.37. The molecule has 2 aliphatic heterocycles. The molecule has 2 saturated heterocycles. The van der Waals surface area contributed by atoms with E-state index in [-0.39, 0.29) is 0 Å². The molecule has 2 heterocycles. The first-order valence-electron chi connectivity index (χ1n) is 8.12. The van der Waals surface area contributed by atoms with Crippen LogP contribution in [-0.4, -0.2) is 50.6 Å². The van der Waals surface area contributed by atoms with Crippen LogP contribution in [0.3, 0.4) is 0 Å². The Morgan fingerprint density at radius 3 is 1.37 bits per heavy atom. The molecule has 0 aromatic carbocycles. The molecule has 0 aromatic heterocycles. The molecule has 1 aliphatic carbocycles.